The molecular formula is C11H16N6O3S2. The molecule has 0 radical (unpaired) electrons. The van der Waals surface area contributed by atoms with Gasteiger partial charge >= 0.3 is 10.1 Å². The Hall–Kier alpha value is -1.95. The monoisotopic (exact) mass is 344 g/mol. The van der Waals surface area contributed by atoms with Gasteiger partial charge in [-0.2, -0.15) is 13.5 Å². The SMILES string of the molecule is CC1=NNC(S(=O)(=O)O)N1NC(=S)Nc1ccccc1CN. The molecule has 0 saturated carbocycles. The van der Waals surface area contributed by atoms with Crippen LogP contribution in [-0.4, -0.2) is 34.4 Å². The minimum absolute atomic E-state index is 0.132. The molecule has 1 aliphatic rings. The van der Waals surface area contributed by atoms with Gasteiger partial charge in [0.25, 0.3) is 5.50 Å². The first-order valence-corrected chi connectivity index (χ1v) is 8.15. The molecule has 1 aromatic rings. The van der Waals surface area contributed by atoms with Gasteiger partial charge in [-0.05, 0) is 30.8 Å². The average molecular weight is 344 g/mol. The summed E-state index contributed by atoms with van der Waals surface area (Å²) in [6.45, 7) is 1.88. The van der Waals surface area contributed by atoms with Crippen LogP contribution in [0.1, 0.15) is 12.5 Å². The molecule has 0 aliphatic carbocycles. The number of amidine groups is 1. The Morgan fingerprint density at radius 1 is 1.55 bits per heavy atom. The number of hydrogen-bond donors (Lipinski definition) is 5. The molecule has 22 heavy (non-hydrogen) atoms. The van der Waals surface area contributed by atoms with Crippen molar-refractivity contribution in [2.24, 2.45) is 10.8 Å². The maximum atomic E-state index is 11.3. The lowest BCUT2D eigenvalue weighted by Crippen LogP contribution is -2.55. The highest BCUT2D eigenvalue weighted by molar-refractivity contribution is 7.86. The van der Waals surface area contributed by atoms with Crippen molar-refractivity contribution in [3.63, 3.8) is 0 Å². The van der Waals surface area contributed by atoms with Gasteiger partial charge < -0.3 is 11.1 Å². The molecule has 1 aromatic carbocycles. The molecule has 0 amide bonds. The Labute approximate surface area is 133 Å². The van der Waals surface area contributed by atoms with Gasteiger partial charge in [0.05, 0.1) is 0 Å². The van der Waals surface area contributed by atoms with E-state index in [1.165, 1.54) is 0 Å². The zero-order chi connectivity index (χ0) is 16.3. The van der Waals surface area contributed by atoms with Crippen LogP contribution in [0, 0.1) is 0 Å². The summed E-state index contributed by atoms with van der Waals surface area (Å²) in [6, 6.07) is 7.30. The average Bonchev–Trinajstić information content (AvgIpc) is 2.80. The highest BCUT2D eigenvalue weighted by atomic mass is 32.2. The summed E-state index contributed by atoms with van der Waals surface area (Å²) in [7, 11) is -4.39. The van der Waals surface area contributed by atoms with Gasteiger partial charge in [-0.25, -0.2) is 5.01 Å². The fourth-order valence-electron chi connectivity index (χ4n) is 1.85. The number of para-hydroxylation sites is 1. The fraction of sp³-hybridized carbons (Fsp3) is 0.273. The molecule has 1 heterocycles. The van der Waals surface area contributed by atoms with E-state index in [1.54, 1.807) is 13.0 Å². The number of anilines is 1. The lowest BCUT2D eigenvalue weighted by molar-refractivity contribution is 0.314. The highest BCUT2D eigenvalue weighted by Crippen LogP contribution is 2.14. The van der Waals surface area contributed by atoms with Crippen molar-refractivity contribution >= 4 is 39.0 Å². The second kappa shape index (κ2) is 6.44. The normalized spacial score (nSPS) is 17.7. The molecule has 1 atom stereocenters. The maximum absolute atomic E-state index is 11.3. The summed E-state index contributed by atoms with van der Waals surface area (Å²) < 4.78 is 31.7. The number of benzene rings is 1. The highest BCUT2D eigenvalue weighted by Gasteiger charge is 2.35. The van der Waals surface area contributed by atoms with Crippen molar-refractivity contribution in [2.75, 3.05) is 5.32 Å². The van der Waals surface area contributed by atoms with E-state index in [2.05, 4.69) is 21.3 Å². The number of hydrazine groups is 1. The molecule has 120 valence electrons. The molecule has 0 fully saturated rings. The van der Waals surface area contributed by atoms with Crippen LogP contribution in [-0.2, 0) is 16.7 Å². The molecule has 9 nitrogen and oxygen atoms in total. The first kappa shape index (κ1) is 16.4. The van der Waals surface area contributed by atoms with Crippen LogP contribution in [0.2, 0.25) is 0 Å². The molecule has 0 aromatic heterocycles. The number of nitrogens with one attached hydrogen (secondary N) is 3. The smallest absolute Gasteiger partial charge is 0.309 e. The Bertz CT molecular complexity index is 706. The van der Waals surface area contributed by atoms with Crippen LogP contribution >= 0.6 is 12.2 Å². The number of hydrazone groups is 1. The Kier molecular flexibility index (Phi) is 4.81. The summed E-state index contributed by atoms with van der Waals surface area (Å²) in [6.07, 6.45) is 0. The number of hydrogen-bond acceptors (Lipinski definition) is 7. The van der Waals surface area contributed by atoms with Gasteiger partial charge in [0, 0.05) is 12.2 Å². The third kappa shape index (κ3) is 3.62. The lowest BCUT2D eigenvalue weighted by Gasteiger charge is -2.25. The van der Waals surface area contributed by atoms with Crippen LogP contribution in [0.5, 0.6) is 0 Å². The topological polar surface area (TPSA) is 132 Å². The minimum atomic E-state index is -4.39. The molecule has 1 aliphatic heterocycles. The molecular weight excluding hydrogens is 328 g/mol. The summed E-state index contributed by atoms with van der Waals surface area (Å²) in [5, 5.41) is 7.90. The zero-order valence-electron chi connectivity index (χ0n) is 11.6. The largest absolute Gasteiger partial charge is 0.331 e. The fourth-order valence-corrected chi connectivity index (χ4v) is 2.72. The zero-order valence-corrected chi connectivity index (χ0v) is 13.3. The van der Waals surface area contributed by atoms with Crippen molar-refractivity contribution in [1.29, 1.82) is 0 Å². The maximum Gasteiger partial charge on any atom is 0.309 e. The van der Waals surface area contributed by atoms with Gasteiger partial charge in [0.2, 0.25) is 0 Å². The second-order valence-corrected chi connectivity index (χ2v) is 6.34. The van der Waals surface area contributed by atoms with Gasteiger partial charge in [-0.15, -0.1) is 0 Å². The summed E-state index contributed by atoms with van der Waals surface area (Å²) in [5.41, 5.74) is 10.7. The Balaban J connectivity index is 2.09. The third-order valence-corrected chi connectivity index (χ3v) is 3.98. The molecule has 2 rings (SSSR count). The van der Waals surface area contributed by atoms with E-state index in [9.17, 15) is 8.42 Å². The molecule has 0 saturated heterocycles. The van der Waals surface area contributed by atoms with Crippen LogP contribution in [0.25, 0.3) is 0 Å². The molecule has 11 heteroatoms. The minimum Gasteiger partial charge on any atom is -0.331 e. The van der Waals surface area contributed by atoms with Crippen LogP contribution in [0.15, 0.2) is 29.4 Å². The summed E-state index contributed by atoms with van der Waals surface area (Å²) in [4.78, 5) is 0. The van der Waals surface area contributed by atoms with E-state index in [1.807, 2.05) is 18.2 Å². The van der Waals surface area contributed by atoms with Crippen molar-refractivity contribution in [3.05, 3.63) is 29.8 Å². The number of nitrogens with zero attached hydrogens (tertiary/aromatic N) is 2. The summed E-state index contributed by atoms with van der Waals surface area (Å²) >= 11 is 5.15. The first-order valence-electron chi connectivity index (χ1n) is 6.24. The number of rotatable bonds is 4. The predicted octanol–water partition coefficient (Wildman–Crippen LogP) is -0.243. The summed E-state index contributed by atoms with van der Waals surface area (Å²) in [5.74, 6) is 0.305. The first-order chi connectivity index (χ1) is 10.3. The lowest BCUT2D eigenvalue weighted by atomic mass is 10.2. The van der Waals surface area contributed by atoms with E-state index in [0.717, 1.165) is 10.6 Å². The van der Waals surface area contributed by atoms with E-state index < -0.39 is 15.6 Å². The van der Waals surface area contributed by atoms with Crippen LogP contribution < -0.4 is 21.9 Å². The second-order valence-electron chi connectivity index (χ2n) is 4.45. The molecule has 1 unspecified atom stereocenters. The molecule has 6 N–H and O–H groups in total. The quantitative estimate of drug-likeness (QED) is 0.371. The van der Waals surface area contributed by atoms with Gasteiger partial charge in [0.1, 0.15) is 5.84 Å². The van der Waals surface area contributed by atoms with Gasteiger partial charge in [-0.3, -0.25) is 15.4 Å². The third-order valence-electron chi connectivity index (χ3n) is 2.91. The van der Waals surface area contributed by atoms with Crippen molar-refractivity contribution < 1.29 is 13.0 Å². The van der Waals surface area contributed by atoms with Crippen molar-refractivity contribution in [3.8, 4) is 0 Å². The standard InChI is InChI=1S/C11H16N6O3S2/c1-7-14-15-11(22(18,19)20)17(7)16-10(21)13-9-5-3-2-4-8(9)6-12/h2-5,11,15H,6,12H2,1H3,(H2,13,16,21)(H,18,19,20). The van der Waals surface area contributed by atoms with Crippen LogP contribution in [0.4, 0.5) is 5.69 Å². The van der Waals surface area contributed by atoms with E-state index in [0.29, 0.717) is 18.1 Å². The molecule has 0 spiro atoms. The molecule has 0 bridgehead atoms. The predicted molar refractivity (Wildman–Crippen MR) is 87.1 cm³/mol. The van der Waals surface area contributed by atoms with Crippen LogP contribution in [0.3, 0.4) is 0 Å². The van der Waals surface area contributed by atoms with E-state index in [4.69, 9.17) is 22.5 Å². The van der Waals surface area contributed by atoms with Gasteiger partial charge in [0.15, 0.2) is 5.11 Å². The number of nitrogens with two attached hydrogens (primary N) is 1. The number of thiocarbonyl (C=S) groups is 1. The van der Waals surface area contributed by atoms with Crippen molar-refractivity contribution in [2.45, 2.75) is 19.0 Å². The van der Waals surface area contributed by atoms with E-state index in [-0.39, 0.29) is 5.11 Å². The van der Waals surface area contributed by atoms with Gasteiger partial charge in [-0.1, -0.05) is 18.2 Å². The Morgan fingerprint density at radius 2 is 2.23 bits per heavy atom. The van der Waals surface area contributed by atoms with Crippen molar-refractivity contribution in [1.82, 2.24) is 15.9 Å². The Morgan fingerprint density at radius 3 is 2.86 bits per heavy atom. The van der Waals surface area contributed by atoms with E-state index >= 15 is 0 Å².